The normalized spacial score (nSPS) is 35.1. The summed E-state index contributed by atoms with van der Waals surface area (Å²) in [5.74, 6) is 6.65. The topological polar surface area (TPSA) is 29.3 Å². The van der Waals surface area contributed by atoms with Crippen LogP contribution in [0.5, 0.6) is 0 Å². The lowest BCUT2D eigenvalue weighted by atomic mass is 9.96. The van der Waals surface area contributed by atoms with Gasteiger partial charge in [-0.2, -0.15) is 0 Å². The van der Waals surface area contributed by atoms with Crippen LogP contribution in [0.15, 0.2) is 0 Å². The van der Waals surface area contributed by atoms with Crippen molar-refractivity contribution in [3.05, 3.63) is 0 Å². The molecule has 2 atom stereocenters. The zero-order chi connectivity index (χ0) is 7.56. The molecule has 2 unspecified atom stereocenters. The van der Waals surface area contributed by atoms with Gasteiger partial charge in [-0.3, -0.25) is 5.84 Å². The first-order chi connectivity index (χ1) is 4.79. The molecule has 0 saturated carbocycles. The van der Waals surface area contributed by atoms with Crippen molar-refractivity contribution >= 4 is 0 Å². The molecule has 0 aliphatic carbocycles. The fourth-order valence-corrected chi connectivity index (χ4v) is 1.99. The maximum Gasteiger partial charge on any atom is 0.0267 e. The molecule has 0 aromatic carbocycles. The number of nitrogens with two attached hydrogens (primary N) is 1. The van der Waals surface area contributed by atoms with Crippen molar-refractivity contribution in [2.24, 2.45) is 11.8 Å². The Morgan fingerprint density at radius 1 is 1.40 bits per heavy atom. The van der Waals surface area contributed by atoms with Gasteiger partial charge in [-0.05, 0) is 18.8 Å². The lowest BCUT2D eigenvalue weighted by molar-refractivity contribution is 0.222. The molecule has 60 valence electrons. The minimum absolute atomic E-state index is 0.657. The Morgan fingerprint density at radius 2 is 2.10 bits per heavy atom. The summed E-state index contributed by atoms with van der Waals surface area (Å²) in [6.45, 7) is 5.57. The third kappa shape index (κ3) is 1.32. The number of nitrogens with zero attached hydrogens (tertiary/aromatic N) is 1. The van der Waals surface area contributed by atoms with E-state index in [1.807, 2.05) is 5.01 Å². The summed E-state index contributed by atoms with van der Waals surface area (Å²) in [4.78, 5) is 0. The third-order valence-corrected chi connectivity index (χ3v) is 2.67. The molecule has 1 aliphatic heterocycles. The van der Waals surface area contributed by atoms with Crippen molar-refractivity contribution in [3.8, 4) is 0 Å². The molecule has 2 heteroatoms. The largest absolute Gasteiger partial charge is 0.269 e. The summed E-state index contributed by atoms with van der Waals surface area (Å²) >= 11 is 0. The van der Waals surface area contributed by atoms with E-state index < -0.39 is 0 Å². The van der Waals surface area contributed by atoms with E-state index in [9.17, 15) is 0 Å². The van der Waals surface area contributed by atoms with Crippen LogP contribution in [0, 0.1) is 5.92 Å². The molecule has 0 bridgehead atoms. The van der Waals surface area contributed by atoms with Crippen molar-refractivity contribution in [1.29, 1.82) is 0 Å². The van der Waals surface area contributed by atoms with Gasteiger partial charge in [0.25, 0.3) is 0 Å². The van der Waals surface area contributed by atoms with E-state index >= 15 is 0 Å². The minimum Gasteiger partial charge on any atom is -0.269 e. The molecule has 1 heterocycles. The van der Waals surface area contributed by atoms with Gasteiger partial charge >= 0.3 is 0 Å². The summed E-state index contributed by atoms with van der Waals surface area (Å²) < 4.78 is 0. The van der Waals surface area contributed by atoms with Crippen molar-refractivity contribution in [2.45, 2.75) is 39.2 Å². The molecule has 1 aliphatic rings. The van der Waals surface area contributed by atoms with Crippen LogP contribution < -0.4 is 5.84 Å². The van der Waals surface area contributed by atoms with Crippen LogP contribution in [0.2, 0.25) is 0 Å². The number of hydrogen-bond donors (Lipinski definition) is 1. The fraction of sp³-hybridized carbons (Fsp3) is 1.00. The summed E-state index contributed by atoms with van der Waals surface area (Å²) in [6, 6.07) is 0.657. The van der Waals surface area contributed by atoms with Crippen LogP contribution in [0.25, 0.3) is 0 Å². The molecule has 2 N–H and O–H groups in total. The molecule has 0 amide bonds. The highest BCUT2D eigenvalue weighted by Crippen LogP contribution is 2.25. The maximum atomic E-state index is 5.79. The van der Waals surface area contributed by atoms with Gasteiger partial charge in [-0.1, -0.05) is 20.3 Å². The molecule has 1 rings (SSSR count). The van der Waals surface area contributed by atoms with E-state index in [0.29, 0.717) is 6.04 Å². The summed E-state index contributed by atoms with van der Waals surface area (Å²) in [5.41, 5.74) is 0. The maximum absolute atomic E-state index is 5.79. The van der Waals surface area contributed by atoms with E-state index in [1.165, 1.54) is 19.3 Å². The van der Waals surface area contributed by atoms with E-state index in [0.717, 1.165) is 12.5 Å². The lowest BCUT2D eigenvalue weighted by Gasteiger charge is -2.21. The molecule has 10 heavy (non-hydrogen) atoms. The van der Waals surface area contributed by atoms with Gasteiger partial charge in [0.15, 0.2) is 0 Å². The first-order valence-corrected chi connectivity index (χ1v) is 4.30. The molecule has 2 nitrogen and oxygen atoms in total. The summed E-state index contributed by atoms with van der Waals surface area (Å²) in [5, 5.41) is 2.01. The highest BCUT2D eigenvalue weighted by atomic mass is 15.4. The Balaban J connectivity index is 2.45. The van der Waals surface area contributed by atoms with Gasteiger partial charge in [0.1, 0.15) is 0 Å². The number of hydrazine groups is 1. The smallest absolute Gasteiger partial charge is 0.0267 e. The van der Waals surface area contributed by atoms with Crippen molar-refractivity contribution in [2.75, 3.05) is 6.54 Å². The Bertz CT molecular complexity index is 103. The predicted octanol–water partition coefficient (Wildman–Crippen LogP) is 1.37. The minimum atomic E-state index is 0.657. The number of hydrogen-bond acceptors (Lipinski definition) is 2. The average molecular weight is 142 g/mol. The Labute approximate surface area is 63.4 Å². The third-order valence-electron chi connectivity index (χ3n) is 2.67. The van der Waals surface area contributed by atoms with Gasteiger partial charge in [0.05, 0.1) is 0 Å². The Kier molecular flexibility index (Phi) is 2.69. The van der Waals surface area contributed by atoms with Crippen LogP contribution in [-0.4, -0.2) is 17.6 Å². The second-order valence-electron chi connectivity index (χ2n) is 3.17. The zero-order valence-electron chi connectivity index (χ0n) is 7.01. The molecule has 1 saturated heterocycles. The standard InChI is InChI=1S/C8H18N2/c1-3-7-5-6-10(9)8(7)4-2/h7-8H,3-6,9H2,1-2H3. The summed E-state index contributed by atoms with van der Waals surface area (Å²) in [6.07, 6.45) is 3.78. The van der Waals surface area contributed by atoms with Crippen molar-refractivity contribution < 1.29 is 0 Å². The highest BCUT2D eigenvalue weighted by Gasteiger charge is 2.28. The second-order valence-corrected chi connectivity index (χ2v) is 3.17. The number of rotatable bonds is 2. The van der Waals surface area contributed by atoms with E-state index in [1.54, 1.807) is 0 Å². The molecule has 0 spiro atoms. The molecule has 1 fully saturated rings. The van der Waals surface area contributed by atoms with E-state index in [2.05, 4.69) is 13.8 Å². The lowest BCUT2D eigenvalue weighted by Crippen LogP contribution is -2.37. The summed E-state index contributed by atoms with van der Waals surface area (Å²) in [7, 11) is 0. The van der Waals surface area contributed by atoms with Gasteiger partial charge in [-0.15, -0.1) is 0 Å². The molecule has 0 aromatic rings. The van der Waals surface area contributed by atoms with E-state index in [-0.39, 0.29) is 0 Å². The van der Waals surface area contributed by atoms with Gasteiger partial charge in [0, 0.05) is 12.6 Å². The van der Waals surface area contributed by atoms with Crippen LogP contribution in [0.3, 0.4) is 0 Å². The van der Waals surface area contributed by atoms with Crippen molar-refractivity contribution in [3.63, 3.8) is 0 Å². The molecule has 0 aromatic heterocycles. The molecular weight excluding hydrogens is 124 g/mol. The van der Waals surface area contributed by atoms with Gasteiger partial charge in [-0.25, -0.2) is 5.01 Å². The van der Waals surface area contributed by atoms with Gasteiger partial charge < -0.3 is 0 Å². The highest BCUT2D eigenvalue weighted by molar-refractivity contribution is 4.81. The quantitative estimate of drug-likeness (QED) is 0.590. The Morgan fingerprint density at radius 3 is 2.50 bits per heavy atom. The first kappa shape index (κ1) is 8.02. The van der Waals surface area contributed by atoms with Gasteiger partial charge in [0.2, 0.25) is 0 Å². The average Bonchev–Trinajstić information content (AvgIpc) is 2.30. The van der Waals surface area contributed by atoms with Crippen LogP contribution in [0.4, 0.5) is 0 Å². The second kappa shape index (κ2) is 3.35. The van der Waals surface area contributed by atoms with Crippen LogP contribution in [0.1, 0.15) is 33.1 Å². The molecule has 0 radical (unpaired) electrons. The SMILES string of the molecule is CCC1CCN(N)C1CC. The monoisotopic (exact) mass is 142 g/mol. The predicted molar refractivity (Wildman–Crippen MR) is 43.4 cm³/mol. The van der Waals surface area contributed by atoms with E-state index in [4.69, 9.17) is 5.84 Å². The van der Waals surface area contributed by atoms with Crippen molar-refractivity contribution in [1.82, 2.24) is 5.01 Å². The van der Waals surface area contributed by atoms with Crippen LogP contribution in [-0.2, 0) is 0 Å². The Hall–Kier alpha value is -0.0800. The molecular formula is C8H18N2. The fourth-order valence-electron chi connectivity index (χ4n) is 1.99. The zero-order valence-corrected chi connectivity index (χ0v) is 7.01. The van der Waals surface area contributed by atoms with Crippen LogP contribution >= 0.6 is 0 Å². The first-order valence-electron chi connectivity index (χ1n) is 4.30.